The Balaban J connectivity index is 2.85. The Morgan fingerprint density at radius 1 is 1.71 bits per heavy atom. The topological polar surface area (TPSA) is 59.2 Å². The van der Waals surface area contributed by atoms with Gasteiger partial charge in [0, 0.05) is 25.0 Å². The van der Waals surface area contributed by atoms with Crippen LogP contribution in [0, 0.1) is 0 Å². The van der Waals surface area contributed by atoms with Gasteiger partial charge in [0.25, 0.3) is 5.91 Å². The van der Waals surface area contributed by atoms with Crippen LogP contribution in [0.1, 0.15) is 17.3 Å². The molecule has 0 bridgehead atoms. The number of aromatic nitrogens is 1. The van der Waals surface area contributed by atoms with Crippen molar-refractivity contribution >= 4 is 35.1 Å². The number of amides is 1. The summed E-state index contributed by atoms with van der Waals surface area (Å²) >= 11 is 7.54. The highest BCUT2D eigenvalue weighted by Gasteiger charge is 2.18. The van der Waals surface area contributed by atoms with Crippen molar-refractivity contribution in [2.45, 2.75) is 13.0 Å². The Morgan fingerprint density at radius 2 is 2.35 bits per heavy atom. The van der Waals surface area contributed by atoms with Gasteiger partial charge in [0.2, 0.25) is 0 Å². The third-order valence-electron chi connectivity index (χ3n) is 2.51. The van der Waals surface area contributed by atoms with Crippen molar-refractivity contribution in [2.24, 2.45) is 0 Å². The number of halogens is 1. The Kier molecular flexibility index (Phi) is 5.08. The van der Waals surface area contributed by atoms with Gasteiger partial charge in [-0.15, -0.1) is 0 Å². The van der Waals surface area contributed by atoms with E-state index in [9.17, 15) is 4.79 Å². The zero-order chi connectivity index (χ0) is 13.0. The van der Waals surface area contributed by atoms with Gasteiger partial charge in [0.05, 0.1) is 10.6 Å². The van der Waals surface area contributed by atoms with Gasteiger partial charge in [-0.05, 0) is 19.2 Å². The molecule has 1 atom stereocenters. The van der Waals surface area contributed by atoms with Crippen molar-refractivity contribution < 1.29 is 4.79 Å². The van der Waals surface area contributed by atoms with Gasteiger partial charge >= 0.3 is 0 Å². The van der Waals surface area contributed by atoms with Crippen molar-refractivity contribution in [3.63, 3.8) is 0 Å². The predicted octanol–water partition coefficient (Wildman–Crippen LogP) is 2.14. The largest absolute Gasteiger partial charge is 0.382 e. The van der Waals surface area contributed by atoms with E-state index in [1.165, 1.54) is 6.20 Å². The van der Waals surface area contributed by atoms with Crippen LogP contribution in [-0.2, 0) is 0 Å². The van der Waals surface area contributed by atoms with Gasteiger partial charge in [-0.2, -0.15) is 11.8 Å². The predicted molar refractivity (Wildman–Crippen MR) is 73.6 cm³/mol. The normalized spacial score (nSPS) is 12.2. The molecule has 0 saturated carbocycles. The summed E-state index contributed by atoms with van der Waals surface area (Å²) in [6.45, 7) is 2.00. The van der Waals surface area contributed by atoms with Crippen LogP contribution >= 0.6 is 23.4 Å². The zero-order valence-electron chi connectivity index (χ0n) is 10.1. The number of anilines is 1. The van der Waals surface area contributed by atoms with E-state index in [1.54, 1.807) is 29.8 Å². The molecule has 6 heteroatoms. The first-order chi connectivity index (χ1) is 7.97. The quantitative estimate of drug-likeness (QED) is 0.913. The van der Waals surface area contributed by atoms with Crippen LogP contribution in [0.5, 0.6) is 0 Å². The minimum atomic E-state index is -0.0963. The molecule has 0 aliphatic carbocycles. The molecular formula is C11H16ClN3OS. The summed E-state index contributed by atoms with van der Waals surface area (Å²) in [6.07, 6.45) is 3.46. The number of hydrogen-bond acceptors (Lipinski definition) is 4. The zero-order valence-corrected chi connectivity index (χ0v) is 11.7. The molecular weight excluding hydrogens is 258 g/mol. The molecule has 0 aliphatic rings. The molecule has 94 valence electrons. The fraction of sp³-hybridized carbons (Fsp3) is 0.455. The number of carbonyl (C=O) groups excluding carboxylic acids is 1. The molecule has 0 saturated heterocycles. The van der Waals surface area contributed by atoms with Crippen LogP contribution in [0.2, 0.25) is 5.02 Å². The molecule has 0 radical (unpaired) electrons. The van der Waals surface area contributed by atoms with Crippen molar-refractivity contribution in [3.05, 3.63) is 22.8 Å². The molecule has 0 fully saturated rings. The number of thioether (sulfide) groups is 1. The molecule has 17 heavy (non-hydrogen) atoms. The minimum Gasteiger partial charge on any atom is -0.382 e. The standard InChI is InChI=1S/C11H16ClN3OS/c1-7(6-17-3)15(2)11(16)8-4-9(12)10(13)14-5-8/h4-5,7H,6H2,1-3H3,(H2,13,14). The van der Waals surface area contributed by atoms with E-state index in [0.29, 0.717) is 10.6 Å². The van der Waals surface area contributed by atoms with Crippen LogP contribution in [-0.4, -0.2) is 40.9 Å². The average Bonchev–Trinajstić information content (AvgIpc) is 2.31. The van der Waals surface area contributed by atoms with Gasteiger partial charge < -0.3 is 10.6 Å². The van der Waals surface area contributed by atoms with Crippen LogP contribution in [0.15, 0.2) is 12.3 Å². The van der Waals surface area contributed by atoms with Crippen LogP contribution in [0.25, 0.3) is 0 Å². The maximum Gasteiger partial charge on any atom is 0.255 e. The highest BCUT2D eigenvalue weighted by Crippen LogP contribution is 2.18. The lowest BCUT2D eigenvalue weighted by Gasteiger charge is -2.24. The Hall–Kier alpha value is -0.940. The number of hydrogen-bond donors (Lipinski definition) is 1. The summed E-state index contributed by atoms with van der Waals surface area (Å²) in [5, 5.41) is 0.307. The molecule has 0 spiro atoms. The summed E-state index contributed by atoms with van der Waals surface area (Å²) in [5.41, 5.74) is 5.96. The highest BCUT2D eigenvalue weighted by molar-refractivity contribution is 7.98. The first kappa shape index (κ1) is 14.1. The fourth-order valence-electron chi connectivity index (χ4n) is 1.32. The summed E-state index contributed by atoms with van der Waals surface area (Å²) in [4.78, 5) is 17.7. The second-order valence-corrected chi connectivity index (χ2v) is 5.13. The first-order valence-corrected chi connectivity index (χ1v) is 6.91. The lowest BCUT2D eigenvalue weighted by Crippen LogP contribution is -2.36. The molecule has 1 amide bonds. The third kappa shape index (κ3) is 3.51. The van der Waals surface area contributed by atoms with Gasteiger partial charge in [-0.25, -0.2) is 4.98 Å². The van der Waals surface area contributed by atoms with E-state index < -0.39 is 0 Å². The van der Waals surface area contributed by atoms with Crippen molar-refractivity contribution in [1.29, 1.82) is 0 Å². The van der Waals surface area contributed by atoms with Gasteiger partial charge in [-0.3, -0.25) is 4.79 Å². The van der Waals surface area contributed by atoms with Crippen LogP contribution in [0.4, 0.5) is 5.82 Å². The van der Waals surface area contributed by atoms with E-state index in [1.807, 2.05) is 13.2 Å². The van der Waals surface area contributed by atoms with E-state index >= 15 is 0 Å². The molecule has 0 aliphatic heterocycles. The van der Waals surface area contributed by atoms with E-state index in [2.05, 4.69) is 4.98 Å². The number of nitrogens with two attached hydrogens (primary N) is 1. The second kappa shape index (κ2) is 6.12. The van der Waals surface area contributed by atoms with Crippen molar-refractivity contribution in [3.8, 4) is 0 Å². The van der Waals surface area contributed by atoms with Gasteiger partial charge in [-0.1, -0.05) is 11.6 Å². The number of nitrogens with zero attached hydrogens (tertiary/aromatic N) is 2. The second-order valence-electron chi connectivity index (χ2n) is 3.81. The molecule has 2 N–H and O–H groups in total. The lowest BCUT2D eigenvalue weighted by atomic mass is 10.2. The number of nitrogen functional groups attached to an aromatic ring is 1. The SMILES string of the molecule is CSCC(C)N(C)C(=O)c1cnc(N)c(Cl)c1. The maximum atomic E-state index is 12.1. The van der Waals surface area contributed by atoms with E-state index in [-0.39, 0.29) is 17.8 Å². The van der Waals surface area contributed by atoms with Crippen molar-refractivity contribution in [1.82, 2.24) is 9.88 Å². The third-order valence-corrected chi connectivity index (χ3v) is 3.62. The lowest BCUT2D eigenvalue weighted by molar-refractivity contribution is 0.0757. The van der Waals surface area contributed by atoms with Gasteiger partial charge in [0.15, 0.2) is 0 Å². The Morgan fingerprint density at radius 3 is 2.88 bits per heavy atom. The molecule has 4 nitrogen and oxygen atoms in total. The molecule has 1 rings (SSSR count). The molecule has 1 heterocycles. The van der Waals surface area contributed by atoms with Crippen LogP contribution < -0.4 is 5.73 Å². The molecule has 0 aromatic carbocycles. The minimum absolute atomic E-state index is 0.0963. The monoisotopic (exact) mass is 273 g/mol. The number of carbonyl (C=O) groups is 1. The molecule has 1 aromatic rings. The van der Waals surface area contributed by atoms with E-state index in [4.69, 9.17) is 17.3 Å². The smallest absolute Gasteiger partial charge is 0.255 e. The summed E-state index contributed by atoms with van der Waals surface area (Å²) in [7, 11) is 1.77. The van der Waals surface area contributed by atoms with Gasteiger partial charge in [0.1, 0.15) is 5.82 Å². The number of rotatable bonds is 4. The summed E-state index contributed by atoms with van der Waals surface area (Å²) < 4.78 is 0. The van der Waals surface area contributed by atoms with Crippen LogP contribution in [0.3, 0.4) is 0 Å². The van der Waals surface area contributed by atoms with Crippen molar-refractivity contribution in [2.75, 3.05) is 24.8 Å². The number of pyridine rings is 1. The maximum absolute atomic E-state index is 12.1. The Labute approximate surface area is 111 Å². The molecule has 1 unspecified atom stereocenters. The summed E-state index contributed by atoms with van der Waals surface area (Å²) in [5.74, 6) is 1.03. The average molecular weight is 274 g/mol. The Bertz CT molecular complexity index is 414. The highest BCUT2D eigenvalue weighted by atomic mass is 35.5. The molecule has 1 aromatic heterocycles. The summed E-state index contributed by atoms with van der Waals surface area (Å²) in [6, 6.07) is 1.71. The fourth-order valence-corrected chi connectivity index (χ4v) is 2.19. The first-order valence-electron chi connectivity index (χ1n) is 5.14. The van der Waals surface area contributed by atoms with E-state index in [0.717, 1.165) is 5.75 Å².